The lowest BCUT2D eigenvalue weighted by molar-refractivity contribution is 0.582. The topological polar surface area (TPSA) is 23.6 Å². The summed E-state index contributed by atoms with van der Waals surface area (Å²) in [6.07, 6.45) is 0. The molecule has 0 aromatic heterocycles. The molecule has 1 atom stereocenters. The molecule has 3 nitrogen and oxygen atoms in total. The van der Waals surface area contributed by atoms with Crippen LogP contribution in [-0.4, -0.2) is 0 Å². The van der Waals surface area contributed by atoms with E-state index in [1.54, 1.807) is 0 Å². The van der Waals surface area contributed by atoms with Gasteiger partial charge in [0.1, 0.15) is 0 Å². The van der Waals surface area contributed by atoms with Crippen LogP contribution in [0.25, 0.3) is 55.3 Å². The van der Waals surface area contributed by atoms with Gasteiger partial charge < -0.3 is 0 Å². The van der Waals surface area contributed by atoms with Crippen LogP contribution < -0.4 is 14.6 Å². The number of fused-ring (bicyclic) bond motifs is 4. The molecule has 0 spiro atoms. The summed E-state index contributed by atoms with van der Waals surface area (Å²) < 4.78 is 20.1. The highest BCUT2D eigenvalue weighted by molar-refractivity contribution is 7.76. The number of anilines is 4. The second kappa shape index (κ2) is 11.2. The van der Waals surface area contributed by atoms with E-state index in [-0.39, 0.29) is 0 Å². The van der Waals surface area contributed by atoms with Crippen LogP contribution >= 0.6 is 7.44 Å². The van der Waals surface area contributed by atoms with Gasteiger partial charge in [0.15, 0.2) is 0 Å². The Morgan fingerprint density at radius 1 is 0.360 bits per heavy atom. The quantitative estimate of drug-likeness (QED) is 0.172. The van der Waals surface area contributed by atoms with E-state index in [1.165, 1.54) is 44.2 Å². The van der Waals surface area contributed by atoms with E-state index in [4.69, 9.17) is 0 Å². The largest absolute Gasteiger partial charge is 0.301 e. The summed E-state index contributed by atoms with van der Waals surface area (Å²) in [6, 6.07) is 65.4. The van der Waals surface area contributed by atoms with Crippen LogP contribution in [0.3, 0.4) is 0 Å². The highest BCUT2D eigenvalue weighted by Crippen LogP contribution is 2.70. The highest BCUT2D eigenvalue weighted by Gasteiger charge is 2.49. The maximum absolute atomic E-state index is 15.9. The summed E-state index contributed by atoms with van der Waals surface area (Å²) in [5, 5.41) is 3.37. The molecule has 0 saturated carbocycles. The van der Waals surface area contributed by atoms with Crippen molar-refractivity contribution in [1.29, 1.82) is 0 Å². The van der Waals surface area contributed by atoms with Gasteiger partial charge >= 0.3 is 7.44 Å². The third-order valence-electron chi connectivity index (χ3n) is 10.1. The maximum Gasteiger partial charge on any atom is 0.301 e. The van der Waals surface area contributed by atoms with Gasteiger partial charge in [-0.15, -0.1) is 0 Å². The Hall–Kier alpha value is -6.15. The van der Waals surface area contributed by atoms with E-state index >= 15 is 4.57 Å². The molecule has 1 heterocycles. The van der Waals surface area contributed by atoms with Crippen LogP contribution in [0.2, 0.25) is 0 Å². The van der Waals surface area contributed by atoms with Gasteiger partial charge in [-0.05, 0) is 110 Å². The molecule has 1 unspecified atom stereocenters. The van der Waals surface area contributed by atoms with Crippen molar-refractivity contribution in [3.8, 4) is 44.5 Å². The fourth-order valence-corrected chi connectivity index (χ4v) is 10.9. The minimum absolute atomic E-state index is 0.779. The molecule has 10 rings (SSSR count). The Balaban J connectivity index is 1.15. The minimum atomic E-state index is -3.43. The number of para-hydroxylation sites is 2. The fourth-order valence-electron chi connectivity index (χ4n) is 7.94. The predicted octanol–water partition coefficient (Wildman–Crippen LogP) is 12.6. The first-order chi connectivity index (χ1) is 24.7. The smallest absolute Gasteiger partial charge is 0.270 e. The van der Waals surface area contributed by atoms with Crippen molar-refractivity contribution in [2.24, 2.45) is 0 Å². The first-order valence-electron chi connectivity index (χ1n) is 17.0. The molecule has 50 heavy (non-hydrogen) atoms. The monoisotopic (exact) mass is 658 g/mol. The van der Waals surface area contributed by atoms with E-state index < -0.39 is 7.44 Å². The zero-order valence-electron chi connectivity index (χ0n) is 27.1. The lowest BCUT2D eigenvalue weighted by Crippen LogP contribution is -2.26. The van der Waals surface area contributed by atoms with E-state index in [2.05, 4.69) is 119 Å². The second-order valence-corrected chi connectivity index (χ2v) is 15.3. The first-order valence-corrected chi connectivity index (χ1v) is 18.6. The molecule has 8 aromatic rings. The number of hydrogen-bond acceptors (Lipinski definition) is 1. The summed E-state index contributed by atoms with van der Waals surface area (Å²) in [4.78, 5) is 0. The SMILES string of the molecule is O=P1(c2ccccc2)N(c2ccccc2)c2ccc(-c3cccc(-c4ccc5c6c(cccc46)-c4ccccc4-5)c3)cc2N1c1ccccc1. The molecular weight excluding hydrogens is 627 g/mol. The molecule has 8 aromatic carbocycles. The van der Waals surface area contributed by atoms with Crippen LogP contribution in [0.4, 0.5) is 22.7 Å². The van der Waals surface area contributed by atoms with Crippen molar-refractivity contribution in [2.45, 2.75) is 0 Å². The molecule has 0 saturated heterocycles. The summed E-state index contributed by atoms with van der Waals surface area (Å²) >= 11 is 0. The Kier molecular flexibility index (Phi) is 6.46. The average molecular weight is 659 g/mol. The molecule has 2 aliphatic rings. The molecule has 1 aliphatic carbocycles. The molecular formula is C46H31N2OP. The summed E-state index contributed by atoms with van der Waals surface area (Å²) in [5.74, 6) is 0. The van der Waals surface area contributed by atoms with Crippen molar-refractivity contribution < 1.29 is 4.57 Å². The van der Waals surface area contributed by atoms with E-state index in [9.17, 15) is 0 Å². The van der Waals surface area contributed by atoms with Gasteiger partial charge in [-0.1, -0.05) is 133 Å². The lowest BCUT2D eigenvalue weighted by atomic mass is 9.92. The van der Waals surface area contributed by atoms with Crippen LogP contribution in [0.15, 0.2) is 188 Å². The Labute approximate surface area is 291 Å². The van der Waals surface area contributed by atoms with Crippen molar-refractivity contribution in [3.05, 3.63) is 188 Å². The van der Waals surface area contributed by atoms with Gasteiger partial charge in [-0.25, -0.2) is 0 Å². The van der Waals surface area contributed by atoms with Gasteiger partial charge in [0.2, 0.25) is 0 Å². The van der Waals surface area contributed by atoms with E-state index in [0.29, 0.717) is 0 Å². The fraction of sp³-hybridized carbons (Fsp3) is 0. The standard InChI is InChI=1S/C46H31N2OP/c49-50(37-20-8-3-9-21-37)47(35-16-4-1-5-17-35)44-29-26-33(31-45(44)48(50)36-18-6-2-7-19-36)32-14-12-15-34(30-32)38-27-28-43-40-23-11-10-22-39(40)42-25-13-24-41(38)46(42)43/h1-31H. The number of benzene rings is 8. The number of nitrogens with zero attached hydrogens (tertiary/aromatic N) is 2. The summed E-state index contributed by atoms with van der Waals surface area (Å²) in [5.41, 5.74) is 13.4. The molecule has 0 N–H and O–H groups in total. The molecule has 1 aliphatic heterocycles. The summed E-state index contributed by atoms with van der Waals surface area (Å²) in [7, 11) is -3.43. The summed E-state index contributed by atoms with van der Waals surface area (Å²) in [6.45, 7) is 0. The highest BCUT2D eigenvalue weighted by atomic mass is 31.2. The van der Waals surface area contributed by atoms with E-state index in [0.717, 1.165) is 39.2 Å². The Morgan fingerprint density at radius 3 is 1.58 bits per heavy atom. The van der Waals surface area contributed by atoms with Crippen molar-refractivity contribution in [1.82, 2.24) is 0 Å². The molecule has 0 fully saturated rings. The average Bonchev–Trinajstić information content (AvgIpc) is 3.66. The van der Waals surface area contributed by atoms with Crippen LogP contribution in [0.5, 0.6) is 0 Å². The van der Waals surface area contributed by atoms with Crippen LogP contribution in [0, 0.1) is 0 Å². The van der Waals surface area contributed by atoms with Gasteiger partial charge in [0.05, 0.1) is 16.7 Å². The first kappa shape index (κ1) is 28.8. The minimum Gasteiger partial charge on any atom is -0.270 e. The molecule has 0 bridgehead atoms. The predicted molar refractivity (Wildman–Crippen MR) is 210 cm³/mol. The second-order valence-electron chi connectivity index (χ2n) is 12.9. The van der Waals surface area contributed by atoms with Crippen LogP contribution in [0.1, 0.15) is 0 Å². The third-order valence-corrected chi connectivity index (χ3v) is 13.1. The van der Waals surface area contributed by atoms with Gasteiger partial charge in [-0.3, -0.25) is 13.9 Å². The molecule has 236 valence electrons. The van der Waals surface area contributed by atoms with E-state index in [1.807, 2.05) is 78.9 Å². The third kappa shape index (κ3) is 4.21. The normalized spacial score (nSPS) is 15.7. The number of rotatable bonds is 5. The Bertz CT molecular complexity index is 2610. The zero-order valence-corrected chi connectivity index (χ0v) is 28.0. The lowest BCUT2D eigenvalue weighted by Gasteiger charge is -2.33. The van der Waals surface area contributed by atoms with Crippen molar-refractivity contribution in [2.75, 3.05) is 9.34 Å². The molecule has 0 amide bonds. The zero-order chi connectivity index (χ0) is 33.2. The molecule has 0 radical (unpaired) electrons. The van der Waals surface area contributed by atoms with Gasteiger partial charge in [-0.2, -0.15) is 0 Å². The maximum atomic E-state index is 15.9. The van der Waals surface area contributed by atoms with Crippen molar-refractivity contribution >= 4 is 46.3 Å². The Morgan fingerprint density at radius 2 is 0.880 bits per heavy atom. The molecule has 4 heteroatoms. The number of hydrogen-bond donors (Lipinski definition) is 0. The van der Waals surface area contributed by atoms with Gasteiger partial charge in [0.25, 0.3) is 0 Å². The van der Waals surface area contributed by atoms with Crippen molar-refractivity contribution in [3.63, 3.8) is 0 Å². The van der Waals surface area contributed by atoms with Crippen LogP contribution in [-0.2, 0) is 4.57 Å². The van der Waals surface area contributed by atoms with Gasteiger partial charge in [0, 0.05) is 11.4 Å².